The molecule has 1 aliphatic rings. The fraction of sp³-hybridized carbons (Fsp3) is 0.150. The number of nitrogens with one attached hydrogen (secondary N) is 1. The van der Waals surface area contributed by atoms with Crippen molar-refractivity contribution in [1.29, 1.82) is 0 Å². The molecule has 0 saturated heterocycles. The first kappa shape index (κ1) is 16.9. The van der Waals surface area contributed by atoms with Crippen molar-refractivity contribution in [1.82, 2.24) is 14.3 Å². The molecule has 140 valence electrons. The molecular formula is C20H16N4O3S. The highest BCUT2D eigenvalue weighted by Crippen LogP contribution is 2.36. The largest absolute Gasteiger partial charge is 0.420 e. The third-order valence-electron chi connectivity index (χ3n) is 4.69. The van der Waals surface area contributed by atoms with Gasteiger partial charge in [0.05, 0.1) is 16.9 Å². The van der Waals surface area contributed by atoms with Crippen LogP contribution in [0.1, 0.15) is 11.3 Å². The van der Waals surface area contributed by atoms with Crippen LogP contribution in [0.4, 0.5) is 5.82 Å². The monoisotopic (exact) mass is 392 g/mol. The number of para-hydroxylation sites is 3. The lowest BCUT2D eigenvalue weighted by atomic mass is 10.2. The van der Waals surface area contributed by atoms with Crippen LogP contribution in [0.5, 0.6) is 0 Å². The lowest BCUT2D eigenvalue weighted by Crippen LogP contribution is -2.26. The summed E-state index contributed by atoms with van der Waals surface area (Å²) in [5.74, 6) is 1.44. The summed E-state index contributed by atoms with van der Waals surface area (Å²) in [6.45, 7) is -0.127. The van der Waals surface area contributed by atoms with E-state index in [1.54, 1.807) is 40.7 Å². The summed E-state index contributed by atoms with van der Waals surface area (Å²) in [7, 11) is 0. The van der Waals surface area contributed by atoms with E-state index in [1.807, 2.05) is 30.3 Å². The summed E-state index contributed by atoms with van der Waals surface area (Å²) in [5.41, 5.74) is 3.96. The van der Waals surface area contributed by atoms with E-state index in [0.29, 0.717) is 16.9 Å². The summed E-state index contributed by atoms with van der Waals surface area (Å²) < 4.78 is 8.31. The summed E-state index contributed by atoms with van der Waals surface area (Å²) in [4.78, 5) is 24.9. The first-order valence-corrected chi connectivity index (χ1v) is 9.98. The van der Waals surface area contributed by atoms with E-state index in [0.717, 1.165) is 28.5 Å². The molecule has 7 nitrogen and oxygen atoms in total. The van der Waals surface area contributed by atoms with Gasteiger partial charge in [-0.05, 0) is 24.3 Å². The molecule has 1 aliphatic heterocycles. The van der Waals surface area contributed by atoms with E-state index >= 15 is 0 Å². The van der Waals surface area contributed by atoms with Crippen molar-refractivity contribution in [3.05, 3.63) is 76.4 Å². The minimum Gasteiger partial charge on any atom is -0.408 e. The number of rotatable bonds is 4. The quantitative estimate of drug-likeness (QED) is 0.577. The number of anilines is 1. The van der Waals surface area contributed by atoms with E-state index < -0.39 is 5.76 Å². The average Bonchev–Trinajstić information content (AvgIpc) is 3.38. The minimum absolute atomic E-state index is 0.127. The van der Waals surface area contributed by atoms with Crippen molar-refractivity contribution >= 4 is 34.6 Å². The summed E-state index contributed by atoms with van der Waals surface area (Å²) >= 11 is 1.77. The Kier molecular flexibility index (Phi) is 4.05. The van der Waals surface area contributed by atoms with Crippen molar-refractivity contribution in [3.8, 4) is 5.69 Å². The van der Waals surface area contributed by atoms with Gasteiger partial charge in [0.1, 0.15) is 12.4 Å². The molecule has 4 aromatic rings. The van der Waals surface area contributed by atoms with Crippen LogP contribution in [0, 0.1) is 0 Å². The van der Waals surface area contributed by atoms with E-state index in [1.165, 1.54) is 4.57 Å². The zero-order valence-electron chi connectivity index (χ0n) is 14.8. The number of aromatic nitrogens is 3. The molecule has 0 fully saturated rings. The third-order valence-corrected chi connectivity index (χ3v) is 5.66. The first-order valence-electron chi connectivity index (χ1n) is 8.83. The standard InChI is InChI=1S/C20H16N4O3S/c25-18(10-23-16-8-4-5-9-17(16)27-20(23)26)21-19-14-11-28-12-15(14)22-24(19)13-6-2-1-3-7-13/h1-9H,10-12H2,(H,21,25). The number of oxazole rings is 1. The van der Waals surface area contributed by atoms with Gasteiger partial charge >= 0.3 is 5.76 Å². The van der Waals surface area contributed by atoms with Crippen molar-refractivity contribution in [2.45, 2.75) is 18.1 Å². The van der Waals surface area contributed by atoms with E-state index in [-0.39, 0.29) is 12.5 Å². The van der Waals surface area contributed by atoms with E-state index in [2.05, 4.69) is 10.4 Å². The molecule has 0 unspecified atom stereocenters. The molecule has 0 atom stereocenters. The Balaban J connectivity index is 1.48. The van der Waals surface area contributed by atoms with E-state index in [9.17, 15) is 9.59 Å². The fourth-order valence-electron chi connectivity index (χ4n) is 3.38. The maximum absolute atomic E-state index is 12.8. The van der Waals surface area contributed by atoms with Crippen LogP contribution in [0.3, 0.4) is 0 Å². The molecule has 5 rings (SSSR count). The highest BCUT2D eigenvalue weighted by Gasteiger charge is 2.25. The summed E-state index contributed by atoms with van der Waals surface area (Å²) in [6.07, 6.45) is 0. The van der Waals surface area contributed by atoms with Crippen molar-refractivity contribution in [3.63, 3.8) is 0 Å². The normalized spacial score (nSPS) is 13.0. The smallest absolute Gasteiger partial charge is 0.408 e. The number of carbonyl (C=O) groups is 1. The summed E-state index contributed by atoms with van der Waals surface area (Å²) in [6, 6.07) is 16.7. The molecule has 1 N–H and O–H groups in total. The molecule has 28 heavy (non-hydrogen) atoms. The number of benzene rings is 2. The van der Waals surface area contributed by atoms with Gasteiger partial charge in [-0.25, -0.2) is 9.48 Å². The number of hydrogen-bond donors (Lipinski definition) is 1. The van der Waals surface area contributed by atoms with Gasteiger partial charge in [-0.1, -0.05) is 30.3 Å². The predicted molar refractivity (Wildman–Crippen MR) is 108 cm³/mol. The maximum atomic E-state index is 12.8. The second kappa shape index (κ2) is 6.72. The second-order valence-electron chi connectivity index (χ2n) is 6.48. The number of carbonyl (C=O) groups excluding carboxylic acids is 1. The topological polar surface area (TPSA) is 82.1 Å². The molecule has 1 amide bonds. The van der Waals surface area contributed by atoms with Crippen LogP contribution in [0.2, 0.25) is 0 Å². The van der Waals surface area contributed by atoms with Crippen LogP contribution in [-0.4, -0.2) is 20.3 Å². The Hall–Kier alpha value is -3.26. The van der Waals surface area contributed by atoms with Crippen LogP contribution in [0.15, 0.2) is 63.8 Å². The zero-order chi connectivity index (χ0) is 19.1. The highest BCUT2D eigenvalue weighted by molar-refractivity contribution is 7.98. The van der Waals surface area contributed by atoms with Crippen molar-refractivity contribution in [2.24, 2.45) is 0 Å². The van der Waals surface area contributed by atoms with Crippen LogP contribution in [0.25, 0.3) is 16.8 Å². The van der Waals surface area contributed by atoms with Gasteiger partial charge in [0, 0.05) is 17.1 Å². The van der Waals surface area contributed by atoms with Gasteiger partial charge in [0.15, 0.2) is 5.58 Å². The lowest BCUT2D eigenvalue weighted by Gasteiger charge is -2.11. The Morgan fingerprint density at radius 1 is 1.11 bits per heavy atom. The Bertz CT molecular complexity index is 1240. The van der Waals surface area contributed by atoms with Crippen LogP contribution < -0.4 is 11.1 Å². The molecule has 0 spiro atoms. The molecule has 0 radical (unpaired) electrons. The highest BCUT2D eigenvalue weighted by atomic mass is 32.2. The molecule has 0 saturated carbocycles. The van der Waals surface area contributed by atoms with Gasteiger partial charge in [-0.3, -0.25) is 9.36 Å². The van der Waals surface area contributed by atoms with Crippen molar-refractivity contribution < 1.29 is 9.21 Å². The first-order chi connectivity index (χ1) is 13.7. The molecule has 0 aliphatic carbocycles. The van der Waals surface area contributed by atoms with Crippen LogP contribution in [-0.2, 0) is 22.8 Å². The van der Waals surface area contributed by atoms with Crippen molar-refractivity contribution in [2.75, 3.05) is 5.32 Å². The molecule has 3 heterocycles. The number of fused-ring (bicyclic) bond motifs is 2. The Morgan fingerprint density at radius 2 is 1.89 bits per heavy atom. The number of hydrogen-bond acceptors (Lipinski definition) is 5. The van der Waals surface area contributed by atoms with Gasteiger partial charge in [-0.2, -0.15) is 16.9 Å². The second-order valence-corrected chi connectivity index (χ2v) is 7.47. The van der Waals surface area contributed by atoms with Gasteiger partial charge in [-0.15, -0.1) is 0 Å². The number of thioether (sulfide) groups is 1. The molecule has 0 bridgehead atoms. The van der Waals surface area contributed by atoms with Gasteiger partial charge in [0.25, 0.3) is 0 Å². The maximum Gasteiger partial charge on any atom is 0.420 e. The lowest BCUT2D eigenvalue weighted by molar-refractivity contribution is -0.116. The van der Waals surface area contributed by atoms with Crippen LogP contribution >= 0.6 is 11.8 Å². The Morgan fingerprint density at radius 3 is 2.75 bits per heavy atom. The molecule has 2 aromatic carbocycles. The SMILES string of the molecule is O=C(Cn1c(=O)oc2ccccc21)Nc1c2c(nn1-c1ccccc1)CSC2. The van der Waals surface area contributed by atoms with Gasteiger partial charge < -0.3 is 9.73 Å². The van der Waals surface area contributed by atoms with Gasteiger partial charge in [0.2, 0.25) is 5.91 Å². The average molecular weight is 392 g/mol. The number of amides is 1. The number of nitrogens with zero attached hydrogens (tertiary/aromatic N) is 3. The molecule has 8 heteroatoms. The minimum atomic E-state index is -0.547. The predicted octanol–water partition coefficient (Wildman–Crippen LogP) is 3.17. The zero-order valence-corrected chi connectivity index (χ0v) is 15.6. The fourth-order valence-corrected chi connectivity index (χ4v) is 4.41. The van der Waals surface area contributed by atoms with E-state index in [4.69, 9.17) is 4.42 Å². The third kappa shape index (κ3) is 2.82. The Labute approximate surface area is 164 Å². The summed E-state index contributed by atoms with van der Waals surface area (Å²) in [5, 5.41) is 7.64. The molecule has 2 aromatic heterocycles. The molecular weight excluding hydrogens is 376 g/mol.